The number of allylic oxidation sites excluding steroid dienone is 1. The molecule has 0 aliphatic heterocycles. The summed E-state index contributed by atoms with van der Waals surface area (Å²) < 4.78 is 12.6. The van der Waals surface area contributed by atoms with Crippen molar-refractivity contribution in [1.82, 2.24) is 0 Å². The predicted molar refractivity (Wildman–Crippen MR) is 118 cm³/mol. The van der Waals surface area contributed by atoms with E-state index >= 15 is 0 Å². The number of hydrogen-bond donors (Lipinski definition) is 1. The molecule has 0 bridgehead atoms. The third-order valence-corrected chi connectivity index (χ3v) is 5.94. The van der Waals surface area contributed by atoms with Gasteiger partial charge in [0.2, 0.25) is 5.91 Å². The number of benzene rings is 2. The van der Waals surface area contributed by atoms with E-state index in [4.69, 9.17) is 9.15 Å². The van der Waals surface area contributed by atoms with E-state index in [1.165, 1.54) is 0 Å². The van der Waals surface area contributed by atoms with E-state index in [0.29, 0.717) is 0 Å². The lowest BCUT2D eigenvalue weighted by molar-refractivity contribution is -0.111. The molecule has 0 radical (unpaired) electrons. The van der Waals surface area contributed by atoms with Crippen molar-refractivity contribution >= 4 is 44.1 Å². The summed E-state index contributed by atoms with van der Waals surface area (Å²) in [6, 6.07) is 7.76. The number of carbonyl (C=O) groups excluding carboxylic acids is 1. The van der Waals surface area contributed by atoms with Crippen molar-refractivity contribution in [3.8, 4) is 5.75 Å². The summed E-state index contributed by atoms with van der Waals surface area (Å²) in [5.41, 5.74) is 6.40. The molecule has 5 heteroatoms. The van der Waals surface area contributed by atoms with Crippen LogP contribution in [0.1, 0.15) is 34.9 Å². The van der Waals surface area contributed by atoms with Gasteiger partial charge in [0.05, 0.1) is 7.11 Å². The lowest BCUT2D eigenvalue weighted by atomic mass is 9.98. The van der Waals surface area contributed by atoms with E-state index in [-0.39, 0.29) is 5.91 Å². The zero-order chi connectivity index (χ0) is 20.6. The molecule has 0 atom stereocenters. The summed E-state index contributed by atoms with van der Waals surface area (Å²) >= 11 is 3.47. The monoisotopic (exact) mass is 441 g/mol. The first kappa shape index (κ1) is 20.2. The van der Waals surface area contributed by atoms with Gasteiger partial charge in [0, 0.05) is 32.7 Å². The van der Waals surface area contributed by atoms with Gasteiger partial charge in [0.1, 0.15) is 17.1 Å². The fraction of sp³-hybridized carbons (Fsp3) is 0.261. The van der Waals surface area contributed by atoms with E-state index in [0.717, 1.165) is 60.5 Å². The second-order valence-electron chi connectivity index (χ2n) is 7.02. The molecule has 0 saturated carbocycles. The van der Waals surface area contributed by atoms with Gasteiger partial charge < -0.3 is 14.5 Å². The fourth-order valence-corrected chi connectivity index (χ4v) is 3.59. The number of ether oxygens (including phenoxy) is 1. The van der Waals surface area contributed by atoms with Crippen molar-refractivity contribution in [2.75, 3.05) is 12.4 Å². The first-order valence-electron chi connectivity index (χ1n) is 9.06. The maximum absolute atomic E-state index is 12.6. The molecule has 3 rings (SSSR count). The van der Waals surface area contributed by atoms with E-state index < -0.39 is 0 Å². The topological polar surface area (TPSA) is 51.5 Å². The van der Waals surface area contributed by atoms with Crippen molar-refractivity contribution in [3.63, 3.8) is 0 Å². The Morgan fingerprint density at radius 3 is 2.50 bits per heavy atom. The number of amides is 1. The minimum absolute atomic E-state index is 0.181. The lowest BCUT2D eigenvalue weighted by Crippen LogP contribution is -2.09. The van der Waals surface area contributed by atoms with Crippen LogP contribution in [-0.2, 0) is 4.79 Å². The maximum Gasteiger partial charge on any atom is 0.248 e. The van der Waals surface area contributed by atoms with Gasteiger partial charge in [-0.2, -0.15) is 0 Å². The van der Waals surface area contributed by atoms with Crippen molar-refractivity contribution in [2.24, 2.45) is 0 Å². The number of methoxy groups -OCH3 is 1. The predicted octanol–water partition coefficient (Wildman–Crippen LogP) is 6.48. The van der Waals surface area contributed by atoms with Crippen LogP contribution in [0, 0.1) is 27.7 Å². The molecule has 1 N–H and O–H groups in total. The zero-order valence-electron chi connectivity index (χ0n) is 17.0. The van der Waals surface area contributed by atoms with Crippen LogP contribution in [0.15, 0.2) is 39.2 Å². The van der Waals surface area contributed by atoms with Crippen LogP contribution < -0.4 is 10.1 Å². The lowest BCUT2D eigenvalue weighted by Gasteiger charge is -2.13. The Hall–Kier alpha value is -2.53. The first-order valence-corrected chi connectivity index (χ1v) is 9.85. The number of rotatable bonds is 4. The van der Waals surface area contributed by atoms with Crippen LogP contribution in [0.2, 0.25) is 0 Å². The number of nitrogens with one attached hydrogen (secondary N) is 1. The highest BCUT2D eigenvalue weighted by Gasteiger charge is 2.18. The number of carbonyl (C=O) groups is 1. The molecule has 4 nitrogen and oxygen atoms in total. The second-order valence-corrected chi connectivity index (χ2v) is 7.88. The fourth-order valence-electron chi connectivity index (χ4n) is 3.34. The smallest absolute Gasteiger partial charge is 0.248 e. The summed E-state index contributed by atoms with van der Waals surface area (Å²) in [5, 5.41) is 3.96. The number of halogens is 1. The summed E-state index contributed by atoms with van der Waals surface area (Å²) in [5.74, 6) is 1.43. The normalized spacial score (nSPS) is 11.8. The SMILES string of the molecule is COc1c(/C(C)=C/C(=O)Nc2ccc(Br)c(C)c2)cc2c(C)c(C)oc2c1C. The second kappa shape index (κ2) is 7.84. The summed E-state index contributed by atoms with van der Waals surface area (Å²) in [4.78, 5) is 12.6. The quantitative estimate of drug-likeness (QED) is 0.471. The van der Waals surface area contributed by atoms with Crippen molar-refractivity contribution in [1.29, 1.82) is 0 Å². The molecule has 0 aliphatic rings. The largest absolute Gasteiger partial charge is 0.496 e. The first-order chi connectivity index (χ1) is 13.2. The average Bonchev–Trinajstić information content (AvgIpc) is 2.93. The molecule has 0 aliphatic carbocycles. The molecular formula is C23H24BrNO3. The Labute approximate surface area is 173 Å². The molecule has 0 unspecified atom stereocenters. The van der Waals surface area contributed by atoms with Crippen molar-refractivity contribution < 1.29 is 13.9 Å². The Kier molecular flexibility index (Phi) is 5.66. The molecule has 28 heavy (non-hydrogen) atoms. The summed E-state index contributed by atoms with van der Waals surface area (Å²) in [7, 11) is 1.64. The van der Waals surface area contributed by atoms with Gasteiger partial charge in [-0.3, -0.25) is 4.79 Å². The number of hydrogen-bond acceptors (Lipinski definition) is 3. The highest BCUT2D eigenvalue weighted by atomic mass is 79.9. The molecule has 0 spiro atoms. The number of anilines is 1. The van der Waals surface area contributed by atoms with Crippen molar-refractivity contribution in [3.05, 3.63) is 62.8 Å². The Balaban J connectivity index is 1.99. The maximum atomic E-state index is 12.6. The van der Waals surface area contributed by atoms with Gasteiger partial charge in [-0.1, -0.05) is 15.9 Å². The van der Waals surface area contributed by atoms with E-state index in [1.807, 2.05) is 58.9 Å². The van der Waals surface area contributed by atoms with E-state index in [2.05, 4.69) is 21.2 Å². The number of aryl methyl sites for hydroxylation is 4. The molecule has 1 heterocycles. The van der Waals surface area contributed by atoms with Crippen LogP contribution in [0.3, 0.4) is 0 Å². The summed E-state index contributed by atoms with van der Waals surface area (Å²) in [6.45, 7) is 9.87. The van der Waals surface area contributed by atoms with Crippen LogP contribution in [0.4, 0.5) is 5.69 Å². The minimum atomic E-state index is -0.181. The molecule has 2 aromatic carbocycles. The van der Waals surface area contributed by atoms with E-state index in [1.54, 1.807) is 13.2 Å². The van der Waals surface area contributed by atoms with Gasteiger partial charge in [0.15, 0.2) is 0 Å². The minimum Gasteiger partial charge on any atom is -0.496 e. The zero-order valence-corrected chi connectivity index (χ0v) is 18.6. The average molecular weight is 442 g/mol. The van der Waals surface area contributed by atoms with Crippen LogP contribution in [0.25, 0.3) is 16.5 Å². The Morgan fingerprint density at radius 2 is 1.86 bits per heavy atom. The molecule has 0 saturated heterocycles. The third-order valence-electron chi connectivity index (χ3n) is 5.05. The highest BCUT2D eigenvalue weighted by molar-refractivity contribution is 9.10. The van der Waals surface area contributed by atoms with E-state index in [9.17, 15) is 4.79 Å². The van der Waals surface area contributed by atoms with Gasteiger partial charge >= 0.3 is 0 Å². The van der Waals surface area contributed by atoms with Gasteiger partial charge in [-0.25, -0.2) is 0 Å². The summed E-state index contributed by atoms with van der Waals surface area (Å²) in [6.07, 6.45) is 1.60. The highest BCUT2D eigenvalue weighted by Crippen LogP contribution is 2.38. The van der Waals surface area contributed by atoms with Crippen LogP contribution in [-0.4, -0.2) is 13.0 Å². The van der Waals surface area contributed by atoms with Crippen LogP contribution in [0.5, 0.6) is 5.75 Å². The molecule has 3 aromatic rings. The van der Waals surface area contributed by atoms with Gasteiger partial charge in [-0.05, 0) is 75.6 Å². The molecule has 146 valence electrons. The van der Waals surface area contributed by atoms with Gasteiger partial charge in [0.25, 0.3) is 0 Å². The molecular weight excluding hydrogens is 418 g/mol. The molecule has 1 aromatic heterocycles. The Morgan fingerprint density at radius 1 is 1.14 bits per heavy atom. The standard InChI is InChI=1S/C23H24BrNO3/c1-12(10-21(26)25-17-7-8-20(24)13(2)9-17)18-11-19-14(3)16(5)28-23(19)15(4)22(18)27-6/h7-11H,1-6H3,(H,25,26)/b12-10+. The van der Waals surface area contributed by atoms with Gasteiger partial charge in [-0.15, -0.1) is 0 Å². The molecule has 1 amide bonds. The molecule has 0 fully saturated rings. The third kappa shape index (κ3) is 3.72. The van der Waals surface area contributed by atoms with Crippen LogP contribution >= 0.6 is 15.9 Å². The Bertz CT molecular complexity index is 1110. The number of fused-ring (bicyclic) bond motifs is 1. The number of furan rings is 1. The van der Waals surface area contributed by atoms with Crippen molar-refractivity contribution in [2.45, 2.75) is 34.6 Å².